The fourth-order valence-corrected chi connectivity index (χ4v) is 3.14. The van der Waals surface area contributed by atoms with E-state index in [9.17, 15) is 9.59 Å². The molecular formula is C19H28N2O3S. The van der Waals surface area contributed by atoms with Gasteiger partial charge in [0.2, 0.25) is 5.91 Å². The molecule has 1 N–H and O–H groups in total. The number of carbonyl (C=O) groups excluding carboxylic acids is 2. The largest absolute Gasteiger partial charge is 0.444 e. The Hall–Kier alpha value is -1.69. The minimum atomic E-state index is -0.522. The van der Waals surface area contributed by atoms with Crippen LogP contribution in [-0.4, -0.2) is 41.8 Å². The van der Waals surface area contributed by atoms with Crippen LogP contribution in [0.2, 0.25) is 0 Å². The molecular weight excluding hydrogens is 336 g/mol. The van der Waals surface area contributed by atoms with Crippen LogP contribution in [0.4, 0.5) is 10.5 Å². The maximum Gasteiger partial charge on any atom is 0.410 e. The Morgan fingerprint density at radius 2 is 2.08 bits per heavy atom. The lowest BCUT2D eigenvalue weighted by Crippen LogP contribution is -2.36. The molecule has 1 fully saturated rings. The number of nitrogens with one attached hydrogen (secondary N) is 1. The Bertz CT molecular complexity index is 627. The van der Waals surface area contributed by atoms with Gasteiger partial charge in [0.1, 0.15) is 5.60 Å². The molecule has 1 aromatic rings. The van der Waals surface area contributed by atoms with Gasteiger partial charge in [0.15, 0.2) is 0 Å². The van der Waals surface area contributed by atoms with E-state index in [2.05, 4.69) is 24.6 Å². The fraction of sp³-hybridized carbons (Fsp3) is 0.579. The molecule has 1 aliphatic rings. The molecule has 25 heavy (non-hydrogen) atoms. The maximum absolute atomic E-state index is 12.5. The van der Waals surface area contributed by atoms with Crippen LogP contribution in [-0.2, 0) is 9.53 Å². The highest BCUT2D eigenvalue weighted by Gasteiger charge is 2.33. The van der Waals surface area contributed by atoms with Crippen LogP contribution in [0.5, 0.6) is 0 Å². The number of thioether (sulfide) groups is 1. The Morgan fingerprint density at radius 1 is 1.36 bits per heavy atom. The lowest BCUT2D eigenvalue weighted by atomic mass is 10.1. The van der Waals surface area contributed by atoms with Gasteiger partial charge in [-0.1, -0.05) is 12.1 Å². The Labute approximate surface area is 154 Å². The van der Waals surface area contributed by atoms with Gasteiger partial charge in [-0.25, -0.2) is 4.79 Å². The first-order valence-corrected chi connectivity index (χ1v) is 9.90. The normalized spacial score (nSPS) is 18.8. The molecule has 6 heteroatoms. The summed E-state index contributed by atoms with van der Waals surface area (Å²) in [6, 6.07) is 7.94. The van der Waals surface area contributed by atoms with Gasteiger partial charge in [0.05, 0.1) is 5.92 Å². The van der Waals surface area contributed by atoms with Crippen molar-refractivity contribution in [1.82, 2.24) is 4.90 Å². The van der Waals surface area contributed by atoms with Gasteiger partial charge in [-0.3, -0.25) is 4.79 Å². The van der Waals surface area contributed by atoms with Gasteiger partial charge in [-0.05, 0) is 58.1 Å². The van der Waals surface area contributed by atoms with Crippen LogP contribution in [0.3, 0.4) is 0 Å². The summed E-state index contributed by atoms with van der Waals surface area (Å²) in [5, 5.41) is 3.36. The summed E-state index contributed by atoms with van der Waals surface area (Å²) >= 11 is 1.77. The zero-order valence-electron chi connectivity index (χ0n) is 15.7. The average molecular weight is 365 g/mol. The highest BCUT2D eigenvalue weighted by molar-refractivity contribution is 7.98. The number of nitrogens with zero attached hydrogens (tertiary/aromatic N) is 1. The lowest BCUT2D eigenvalue weighted by Gasteiger charge is -2.24. The molecule has 0 bridgehead atoms. The fourth-order valence-electron chi connectivity index (χ4n) is 2.72. The lowest BCUT2D eigenvalue weighted by molar-refractivity contribution is -0.119. The number of ether oxygens (including phenoxy) is 1. The number of carbonyl (C=O) groups is 2. The SMILES string of the molecule is CSC(C)c1cccc(NC(=O)C2CCN(C(=O)OC(C)(C)C)C2)c1. The van der Waals surface area contributed by atoms with Crippen molar-refractivity contribution in [3.63, 3.8) is 0 Å². The third-order valence-corrected chi connectivity index (χ3v) is 5.17. The number of rotatable bonds is 4. The van der Waals surface area contributed by atoms with Crippen molar-refractivity contribution in [3.05, 3.63) is 29.8 Å². The van der Waals surface area contributed by atoms with Crippen molar-refractivity contribution >= 4 is 29.4 Å². The first-order valence-electron chi connectivity index (χ1n) is 8.61. The Morgan fingerprint density at radius 3 is 2.72 bits per heavy atom. The van der Waals surface area contributed by atoms with Crippen LogP contribution >= 0.6 is 11.8 Å². The Kier molecular flexibility index (Phi) is 6.38. The average Bonchev–Trinajstić information content (AvgIpc) is 3.03. The van der Waals surface area contributed by atoms with Gasteiger partial charge in [-0.2, -0.15) is 11.8 Å². The summed E-state index contributed by atoms with van der Waals surface area (Å²) in [5.41, 5.74) is 1.47. The van der Waals surface area contributed by atoms with E-state index in [1.54, 1.807) is 16.7 Å². The molecule has 1 aliphatic heterocycles. The van der Waals surface area contributed by atoms with E-state index in [1.165, 1.54) is 5.56 Å². The van der Waals surface area contributed by atoms with Crippen LogP contribution in [0.25, 0.3) is 0 Å². The minimum absolute atomic E-state index is 0.0417. The number of hydrogen-bond donors (Lipinski definition) is 1. The first-order chi connectivity index (χ1) is 11.7. The molecule has 5 nitrogen and oxygen atoms in total. The zero-order valence-corrected chi connectivity index (χ0v) is 16.5. The second kappa shape index (κ2) is 8.13. The molecule has 1 aromatic carbocycles. The van der Waals surface area contributed by atoms with E-state index >= 15 is 0 Å². The molecule has 2 rings (SSSR count). The quantitative estimate of drug-likeness (QED) is 0.865. The summed E-state index contributed by atoms with van der Waals surface area (Å²) in [6.45, 7) is 8.62. The number of amides is 2. The summed E-state index contributed by atoms with van der Waals surface area (Å²) in [7, 11) is 0. The molecule has 0 radical (unpaired) electrons. The van der Waals surface area contributed by atoms with E-state index in [0.29, 0.717) is 24.8 Å². The van der Waals surface area contributed by atoms with Crippen molar-refractivity contribution in [2.45, 2.75) is 45.0 Å². The molecule has 2 amide bonds. The smallest absolute Gasteiger partial charge is 0.410 e. The molecule has 1 heterocycles. The molecule has 0 spiro atoms. The summed E-state index contributed by atoms with van der Waals surface area (Å²) in [5.74, 6) is -0.242. The van der Waals surface area contributed by atoms with Gasteiger partial charge < -0.3 is 15.0 Å². The van der Waals surface area contributed by atoms with Crippen LogP contribution < -0.4 is 5.32 Å². The second-order valence-corrected chi connectivity index (χ2v) is 8.58. The number of anilines is 1. The highest BCUT2D eigenvalue weighted by atomic mass is 32.2. The third kappa shape index (κ3) is 5.66. The summed E-state index contributed by atoms with van der Waals surface area (Å²) < 4.78 is 5.38. The van der Waals surface area contributed by atoms with Gasteiger partial charge in [0, 0.05) is 24.0 Å². The standard InChI is InChI=1S/C19H28N2O3S/c1-13(25-5)14-7-6-8-16(11-14)20-17(22)15-9-10-21(12-15)18(23)24-19(2,3)4/h6-8,11,13,15H,9-10,12H2,1-5H3,(H,20,22). The van der Waals surface area contributed by atoms with E-state index in [-0.39, 0.29) is 17.9 Å². The minimum Gasteiger partial charge on any atom is -0.444 e. The molecule has 1 saturated heterocycles. The molecule has 0 saturated carbocycles. The molecule has 138 valence electrons. The number of likely N-dealkylation sites (tertiary alicyclic amines) is 1. The third-order valence-electron chi connectivity index (χ3n) is 4.19. The maximum atomic E-state index is 12.5. The summed E-state index contributed by atoms with van der Waals surface area (Å²) in [4.78, 5) is 26.2. The number of hydrogen-bond acceptors (Lipinski definition) is 4. The van der Waals surface area contributed by atoms with Crippen LogP contribution in [0.1, 0.15) is 44.9 Å². The van der Waals surface area contributed by atoms with Crippen molar-refractivity contribution in [2.75, 3.05) is 24.7 Å². The Balaban J connectivity index is 1.93. The van der Waals surface area contributed by atoms with Crippen LogP contribution in [0.15, 0.2) is 24.3 Å². The predicted molar refractivity (Wildman–Crippen MR) is 103 cm³/mol. The second-order valence-electron chi connectivity index (χ2n) is 7.40. The van der Waals surface area contributed by atoms with Gasteiger partial charge in [0.25, 0.3) is 0 Å². The number of benzene rings is 1. The highest BCUT2D eigenvalue weighted by Crippen LogP contribution is 2.28. The van der Waals surface area contributed by atoms with E-state index in [1.807, 2.05) is 39.0 Å². The van der Waals surface area contributed by atoms with Gasteiger partial charge >= 0.3 is 6.09 Å². The van der Waals surface area contributed by atoms with E-state index in [4.69, 9.17) is 4.74 Å². The van der Waals surface area contributed by atoms with E-state index in [0.717, 1.165) is 5.69 Å². The molecule has 0 aromatic heterocycles. The van der Waals surface area contributed by atoms with Crippen molar-refractivity contribution < 1.29 is 14.3 Å². The van der Waals surface area contributed by atoms with Crippen molar-refractivity contribution in [3.8, 4) is 0 Å². The topological polar surface area (TPSA) is 58.6 Å². The predicted octanol–water partition coefficient (Wildman–Crippen LogP) is 4.31. The van der Waals surface area contributed by atoms with Crippen LogP contribution in [0, 0.1) is 5.92 Å². The summed E-state index contributed by atoms with van der Waals surface area (Å²) in [6.07, 6.45) is 2.38. The van der Waals surface area contributed by atoms with E-state index < -0.39 is 5.60 Å². The first kappa shape index (κ1) is 19.6. The zero-order chi connectivity index (χ0) is 18.6. The van der Waals surface area contributed by atoms with Crippen molar-refractivity contribution in [2.24, 2.45) is 5.92 Å². The molecule has 2 unspecified atom stereocenters. The molecule has 0 aliphatic carbocycles. The van der Waals surface area contributed by atoms with Gasteiger partial charge in [-0.15, -0.1) is 0 Å². The molecule has 2 atom stereocenters. The van der Waals surface area contributed by atoms with Crippen molar-refractivity contribution in [1.29, 1.82) is 0 Å². The monoisotopic (exact) mass is 364 g/mol.